The molecule has 96 valence electrons. The SMILES string of the molecule is COc1ccc2c(CCN(C)C)cn(C=O)c2c1. The van der Waals surface area contributed by atoms with E-state index in [4.69, 9.17) is 4.74 Å². The zero-order chi connectivity index (χ0) is 13.1. The van der Waals surface area contributed by atoms with Crippen LogP contribution in [-0.2, 0) is 11.2 Å². The minimum absolute atomic E-state index is 0.767. The number of methoxy groups -OCH3 is 1. The third-order valence-electron chi connectivity index (χ3n) is 3.07. The second-order valence-corrected chi connectivity index (χ2v) is 4.60. The van der Waals surface area contributed by atoms with Crippen molar-refractivity contribution < 1.29 is 9.53 Å². The van der Waals surface area contributed by atoms with Gasteiger partial charge in [-0.2, -0.15) is 0 Å². The Hall–Kier alpha value is -1.81. The van der Waals surface area contributed by atoms with E-state index in [0.717, 1.165) is 36.0 Å². The molecule has 0 unspecified atom stereocenters. The summed E-state index contributed by atoms with van der Waals surface area (Å²) in [6, 6.07) is 5.83. The van der Waals surface area contributed by atoms with E-state index in [-0.39, 0.29) is 0 Å². The third kappa shape index (κ3) is 2.38. The maximum atomic E-state index is 11.1. The Balaban J connectivity index is 2.45. The van der Waals surface area contributed by atoms with Gasteiger partial charge in [0.15, 0.2) is 0 Å². The quantitative estimate of drug-likeness (QED) is 0.754. The van der Waals surface area contributed by atoms with Gasteiger partial charge in [-0.25, -0.2) is 0 Å². The molecule has 0 aliphatic rings. The number of ether oxygens (including phenoxy) is 1. The van der Waals surface area contributed by atoms with Gasteiger partial charge >= 0.3 is 0 Å². The number of fused-ring (bicyclic) bond motifs is 1. The van der Waals surface area contributed by atoms with Crippen molar-refractivity contribution in [1.29, 1.82) is 0 Å². The first-order chi connectivity index (χ1) is 8.65. The van der Waals surface area contributed by atoms with E-state index in [0.29, 0.717) is 0 Å². The Bertz CT molecular complexity index is 558. The summed E-state index contributed by atoms with van der Waals surface area (Å²) in [5, 5.41) is 1.12. The lowest BCUT2D eigenvalue weighted by Crippen LogP contribution is -2.14. The Kier molecular flexibility index (Phi) is 3.67. The number of carbonyl (C=O) groups excluding carboxylic acids is 1. The van der Waals surface area contributed by atoms with Gasteiger partial charge in [0.1, 0.15) is 5.75 Å². The van der Waals surface area contributed by atoms with Gasteiger partial charge in [0.05, 0.1) is 12.6 Å². The monoisotopic (exact) mass is 246 g/mol. The summed E-state index contributed by atoms with van der Waals surface area (Å²) < 4.78 is 6.81. The Labute approximate surface area is 107 Å². The summed E-state index contributed by atoms with van der Waals surface area (Å²) >= 11 is 0. The number of hydrogen-bond donors (Lipinski definition) is 0. The van der Waals surface area contributed by atoms with Gasteiger partial charge in [-0.05, 0) is 38.2 Å². The van der Waals surface area contributed by atoms with Gasteiger partial charge < -0.3 is 9.64 Å². The van der Waals surface area contributed by atoms with Crippen molar-refractivity contribution in [3.63, 3.8) is 0 Å². The van der Waals surface area contributed by atoms with Crippen LogP contribution >= 0.6 is 0 Å². The molecule has 0 bridgehead atoms. The number of aromatic nitrogens is 1. The standard InChI is InChI=1S/C14H18N2O2/c1-15(2)7-6-11-9-16(10-17)14-8-12(18-3)4-5-13(11)14/h4-5,8-10H,6-7H2,1-3H3. The van der Waals surface area contributed by atoms with Crippen LogP contribution in [0.4, 0.5) is 0 Å². The van der Waals surface area contributed by atoms with E-state index in [1.165, 1.54) is 5.56 Å². The molecule has 0 aliphatic carbocycles. The molecule has 2 rings (SSSR count). The van der Waals surface area contributed by atoms with Gasteiger partial charge in [-0.15, -0.1) is 0 Å². The van der Waals surface area contributed by atoms with Crippen molar-refractivity contribution in [2.45, 2.75) is 6.42 Å². The number of likely N-dealkylation sites (N-methyl/N-ethyl adjacent to an activating group) is 1. The number of rotatable bonds is 5. The average molecular weight is 246 g/mol. The van der Waals surface area contributed by atoms with E-state index in [1.807, 2.05) is 38.5 Å². The fourth-order valence-electron chi connectivity index (χ4n) is 2.06. The molecule has 0 atom stereocenters. The van der Waals surface area contributed by atoms with Crippen LogP contribution in [0.2, 0.25) is 0 Å². The lowest BCUT2D eigenvalue weighted by atomic mass is 10.1. The zero-order valence-electron chi connectivity index (χ0n) is 11.0. The lowest BCUT2D eigenvalue weighted by molar-refractivity contribution is 0.414. The molecule has 4 nitrogen and oxygen atoms in total. The van der Waals surface area contributed by atoms with Crippen molar-refractivity contribution in [3.05, 3.63) is 30.0 Å². The first kappa shape index (κ1) is 12.6. The van der Waals surface area contributed by atoms with E-state index < -0.39 is 0 Å². The van der Waals surface area contributed by atoms with Crippen molar-refractivity contribution >= 4 is 17.3 Å². The number of hydrogen-bond acceptors (Lipinski definition) is 3. The molecule has 0 radical (unpaired) electrons. The number of benzene rings is 1. The van der Waals surface area contributed by atoms with Crippen molar-refractivity contribution in [2.24, 2.45) is 0 Å². The largest absolute Gasteiger partial charge is 0.497 e. The molecule has 0 N–H and O–H groups in total. The minimum atomic E-state index is 0.767. The smallest absolute Gasteiger partial charge is 0.218 e. The Morgan fingerprint density at radius 1 is 1.39 bits per heavy atom. The molecule has 4 heteroatoms. The first-order valence-corrected chi connectivity index (χ1v) is 5.93. The van der Waals surface area contributed by atoms with E-state index >= 15 is 0 Å². The number of carbonyl (C=O) groups is 1. The van der Waals surface area contributed by atoms with Crippen molar-refractivity contribution in [3.8, 4) is 5.75 Å². The highest BCUT2D eigenvalue weighted by molar-refractivity contribution is 5.89. The molecule has 0 amide bonds. The predicted octanol–water partition coefficient (Wildman–Crippen LogP) is 1.79. The summed E-state index contributed by atoms with van der Waals surface area (Å²) in [5.74, 6) is 0.767. The summed E-state index contributed by atoms with van der Waals surface area (Å²) in [4.78, 5) is 13.2. The van der Waals surface area contributed by atoms with Crippen LogP contribution in [0.1, 0.15) is 5.56 Å². The first-order valence-electron chi connectivity index (χ1n) is 5.93. The molecule has 18 heavy (non-hydrogen) atoms. The molecule has 0 saturated heterocycles. The fourth-order valence-corrected chi connectivity index (χ4v) is 2.06. The lowest BCUT2D eigenvalue weighted by Gasteiger charge is -2.08. The maximum absolute atomic E-state index is 11.1. The molecule has 1 aromatic heterocycles. The van der Waals surface area contributed by atoms with Crippen LogP contribution in [0.5, 0.6) is 5.75 Å². The second kappa shape index (κ2) is 5.23. The normalized spacial score (nSPS) is 11.1. The third-order valence-corrected chi connectivity index (χ3v) is 3.07. The van der Waals surface area contributed by atoms with Crippen LogP contribution in [-0.4, -0.2) is 43.6 Å². The molecule has 0 aliphatic heterocycles. The van der Waals surface area contributed by atoms with Crippen LogP contribution in [0, 0.1) is 0 Å². The van der Waals surface area contributed by atoms with Crippen molar-refractivity contribution in [1.82, 2.24) is 9.47 Å². The van der Waals surface area contributed by atoms with E-state index in [2.05, 4.69) is 4.90 Å². The minimum Gasteiger partial charge on any atom is -0.497 e. The molecular weight excluding hydrogens is 228 g/mol. The van der Waals surface area contributed by atoms with Gasteiger partial charge in [0, 0.05) is 24.2 Å². The molecule has 0 fully saturated rings. The van der Waals surface area contributed by atoms with Gasteiger partial charge in [0.25, 0.3) is 0 Å². The summed E-state index contributed by atoms with van der Waals surface area (Å²) in [5.41, 5.74) is 2.09. The van der Waals surface area contributed by atoms with Gasteiger partial charge in [-0.3, -0.25) is 9.36 Å². The Morgan fingerprint density at radius 3 is 2.78 bits per heavy atom. The molecule has 1 aromatic carbocycles. The predicted molar refractivity (Wildman–Crippen MR) is 72.9 cm³/mol. The van der Waals surface area contributed by atoms with Gasteiger partial charge in [-0.1, -0.05) is 0 Å². The van der Waals surface area contributed by atoms with Crippen LogP contribution in [0.3, 0.4) is 0 Å². The molecule has 1 heterocycles. The van der Waals surface area contributed by atoms with Crippen LogP contribution < -0.4 is 4.74 Å². The van der Waals surface area contributed by atoms with Crippen LogP contribution in [0.15, 0.2) is 24.4 Å². The highest BCUT2D eigenvalue weighted by Crippen LogP contribution is 2.25. The average Bonchev–Trinajstić information content (AvgIpc) is 2.73. The highest BCUT2D eigenvalue weighted by Gasteiger charge is 2.09. The summed E-state index contributed by atoms with van der Waals surface area (Å²) in [7, 11) is 5.71. The fraction of sp³-hybridized carbons (Fsp3) is 0.357. The second-order valence-electron chi connectivity index (χ2n) is 4.60. The van der Waals surface area contributed by atoms with E-state index in [1.54, 1.807) is 11.7 Å². The zero-order valence-corrected chi connectivity index (χ0v) is 11.0. The highest BCUT2D eigenvalue weighted by atomic mass is 16.5. The number of nitrogens with zero attached hydrogens (tertiary/aromatic N) is 2. The summed E-state index contributed by atoms with van der Waals surface area (Å²) in [6.07, 6.45) is 3.66. The molecule has 2 aromatic rings. The van der Waals surface area contributed by atoms with Gasteiger partial charge in [0.2, 0.25) is 6.41 Å². The van der Waals surface area contributed by atoms with Crippen LogP contribution in [0.25, 0.3) is 10.9 Å². The van der Waals surface area contributed by atoms with E-state index in [9.17, 15) is 4.79 Å². The molecule has 0 spiro atoms. The topological polar surface area (TPSA) is 34.5 Å². The summed E-state index contributed by atoms with van der Waals surface area (Å²) in [6.45, 7) is 0.962. The van der Waals surface area contributed by atoms with Crippen molar-refractivity contribution in [2.75, 3.05) is 27.7 Å². The molecule has 0 saturated carbocycles. The Morgan fingerprint density at radius 2 is 2.17 bits per heavy atom. The maximum Gasteiger partial charge on any atom is 0.218 e. The molecular formula is C14H18N2O2.